The number of rotatable bonds is 42. The standard InChI is InChI=1S/C84H118O10P2/c1-5-9-13-17-21-25-29-33-43-51-65-69-55-70(78(86)59-77(69)85)66(52-44-34-30-26-22-18-14-10-6-2)72-57-74-68(54-46-36-32-28-24-20-16-12-8-4)76-58-75-67(53-45-35-31-27-23-19-15-11-7-3)73-56-71(65)79(87)60-81(73)91-95(89,63-47-39-37-40-48-63)93-83(75)62-84(76)94-96(90,64-49-41-38-42-50-64)92-82(74)61-80(72)88/h37-42,47-50,55-62,65-68,85-88H,5-36,43-46,51-54H2,1-4H3. The molecule has 0 aromatic heterocycles. The van der Waals surface area contributed by atoms with Crippen LogP contribution in [0.15, 0.2) is 109 Å². The van der Waals surface area contributed by atoms with Crippen molar-refractivity contribution in [3.8, 4) is 46.0 Å². The Morgan fingerprint density at radius 1 is 0.260 bits per heavy atom. The van der Waals surface area contributed by atoms with E-state index < -0.39 is 38.9 Å². The second kappa shape index (κ2) is 38.5. The molecular formula is C84H118O10P2. The summed E-state index contributed by atoms with van der Waals surface area (Å²) in [5.74, 6) is -1.17. The molecule has 4 N–H and O–H groups in total. The zero-order valence-corrected chi connectivity index (χ0v) is 60.9. The lowest BCUT2D eigenvalue weighted by Gasteiger charge is -2.35. The lowest BCUT2D eigenvalue weighted by atomic mass is 9.76. The molecule has 0 radical (unpaired) electrons. The predicted octanol–water partition coefficient (Wildman–Crippen LogP) is 25.6. The molecule has 2 heterocycles. The van der Waals surface area contributed by atoms with Crippen molar-refractivity contribution in [2.75, 3.05) is 0 Å². The van der Waals surface area contributed by atoms with Gasteiger partial charge in [-0.05, 0) is 74.2 Å². The first kappa shape index (κ1) is 74.4. The Morgan fingerprint density at radius 3 is 0.740 bits per heavy atom. The number of aromatic hydroxyl groups is 4. The van der Waals surface area contributed by atoms with Gasteiger partial charge in [0.05, 0.1) is 10.6 Å². The Balaban J connectivity index is 1.29. The van der Waals surface area contributed by atoms with E-state index in [1.807, 2.05) is 42.5 Å². The van der Waals surface area contributed by atoms with E-state index in [0.29, 0.717) is 58.5 Å². The highest BCUT2D eigenvalue weighted by atomic mass is 31.2. The Labute approximate surface area is 578 Å². The Hall–Kier alpha value is -5.82. The number of phenols is 4. The second-order valence-corrected chi connectivity index (χ2v) is 32.3. The summed E-state index contributed by atoms with van der Waals surface area (Å²) in [6, 6.07) is 32.8. The smallest absolute Gasteiger partial charge is 0.462 e. The predicted molar refractivity (Wildman–Crippen MR) is 397 cm³/mol. The molecule has 524 valence electrons. The average molecular weight is 1350 g/mol. The highest BCUT2D eigenvalue weighted by molar-refractivity contribution is 7.63. The maximum atomic E-state index is 16.3. The molecule has 0 amide bonds. The minimum atomic E-state index is -4.40. The summed E-state index contributed by atoms with van der Waals surface area (Å²) in [7, 11) is -8.79. The largest absolute Gasteiger partial charge is 0.508 e. The van der Waals surface area contributed by atoms with Crippen LogP contribution in [-0.4, -0.2) is 20.4 Å². The Bertz CT molecular complexity index is 3200. The Kier molecular flexibility index (Phi) is 29.9. The number of phenolic OH excluding ortho intramolecular Hbond substituents is 4. The van der Waals surface area contributed by atoms with E-state index >= 15 is 9.13 Å². The number of hydrogen-bond donors (Lipinski definition) is 4. The average Bonchev–Trinajstić information content (AvgIpc) is 0.733. The van der Waals surface area contributed by atoms with Crippen LogP contribution in [0.4, 0.5) is 0 Å². The highest BCUT2D eigenvalue weighted by Crippen LogP contribution is 2.62. The van der Waals surface area contributed by atoms with Crippen molar-refractivity contribution in [1.29, 1.82) is 0 Å². The molecule has 1 aliphatic carbocycles. The van der Waals surface area contributed by atoms with Crippen LogP contribution in [0.25, 0.3) is 0 Å². The lowest BCUT2D eigenvalue weighted by molar-refractivity contribution is 0.375. The van der Waals surface area contributed by atoms with Gasteiger partial charge in [0.2, 0.25) is 0 Å². The molecular weight excluding hydrogens is 1230 g/mol. The van der Waals surface area contributed by atoms with Crippen molar-refractivity contribution >= 4 is 25.8 Å². The third-order valence-electron chi connectivity index (χ3n) is 21.0. The molecule has 12 heteroatoms. The maximum Gasteiger partial charge on any atom is 0.462 e. The van der Waals surface area contributed by atoms with Gasteiger partial charge in [-0.15, -0.1) is 0 Å². The molecule has 6 aromatic carbocycles. The molecule has 96 heavy (non-hydrogen) atoms. The van der Waals surface area contributed by atoms with Gasteiger partial charge in [-0.2, -0.15) is 0 Å². The SMILES string of the molecule is CCCCCCCCCCCC1c2cc(c(O)cc2O)C(CCCCCCCCCCC)c2cc3c(cc2O)OP(=O)(c2ccccc2)Oc2cc4c(cc2C3CCCCCCCCCCC)C(CCCCCCCCCCC)c2cc1c(O)cc2OP(=O)(c1ccccc1)O4. The van der Waals surface area contributed by atoms with Gasteiger partial charge >= 0.3 is 15.2 Å². The lowest BCUT2D eigenvalue weighted by Crippen LogP contribution is -2.22. The fourth-order valence-corrected chi connectivity index (χ4v) is 18.7. The van der Waals surface area contributed by atoms with Crippen LogP contribution in [0.5, 0.6) is 46.0 Å². The van der Waals surface area contributed by atoms with Gasteiger partial charge in [0, 0.05) is 92.4 Å². The molecule has 6 unspecified atom stereocenters. The van der Waals surface area contributed by atoms with Gasteiger partial charge < -0.3 is 38.5 Å². The minimum absolute atomic E-state index is 0.0552. The monoisotopic (exact) mass is 1350 g/mol. The van der Waals surface area contributed by atoms with E-state index in [1.165, 1.54) is 134 Å². The highest BCUT2D eigenvalue weighted by Gasteiger charge is 2.43. The van der Waals surface area contributed by atoms with Crippen LogP contribution in [0.1, 0.15) is 353 Å². The number of benzene rings is 6. The molecule has 8 bridgehead atoms. The topological polar surface area (TPSA) is 152 Å². The Morgan fingerprint density at radius 2 is 0.469 bits per heavy atom. The summed E-state index contributed by atoms with van der Waals surface area (Å²) in [6.45, 7) is 9.01. The first-order valence-corrected chi connectivity index (χ1v) is 41.5. The van der Waals surface area contributed by atoms with Gasteiger partial charge in [-0.25, -0.2) is 9.13 Å². The van der Waals surface area contributed by atoms with Crippen molar-refractivity contribution in [3.05, 3.63) is 154 Å². The van der Waals surface area contributed by atoms with E-state index in [0.717, 1.165) is 125 Å². The van der Waals surface area contributed by atoms with Crippen molar-refractivity contribution in [3.63, 3.8) is 0 Å². The third-order valence-corrected chi connectivity index (χ3v) is 24.7. The van der Waals surface area contributed by atoms with Crippen LogP contribution in [0, 0.1) is 0 Å². The van der Waals surface area contributed by atoms with Crippen molar-refractivity contribution < 1.29 is 47.7 Å². The van der Waals surface area contributed by atoms with Crippen molar-refractivity contribution in [2.24, 2.45) is 0 Å². The van der Waals surface area contributed by atoms with Gasteiger partial charge in [0.1, 0.15) is 46.0 Å². The molecule has 2 aliphatic heterocycles. The zero-order valence-electron chi connectivity index (χ0n) is 59.1. The molecule has 0 fully saturated rings. The van der Waals surface area contributed by atoms with Gasteiger partial charge in [0.25, 0.3) is 0 Å². The summed E-state index contributed by atoms with van der Waals surface area (Å²) < 4.78 is 60.8. The normalized spacial score (nSPS) is 19.3. The third kappa shape index (κ3) is 20.2. The van der Waals surface area contributed by atoms with Crippen LogP contribution in [-0.2, 0) is 9.13 Å². The van der Waals surface area contributed by atoms with E-state index in [9.17, 15) is 20.4 Å². The molecule has 6 aromatic rings. The van der Waals surface area contributed by atoms with Gasteiger partial charge in [-0.3, -0.25) is 0 Å². The zero-order chi connectivity index (χ0) is 67.5. The summed E-state index contributed by atoms with van der Waals surface area (Å²) in [5.41, 5.74) is 5.43. The van der Waals surface area contributed by atoms with E-state index in [-0.39, 0.29) is 46.0 Å². The second-order valence-electron chi connectivity index (χ2n) is 28.5. The molecule has 3 aliphatic rings. The fourth-order valence-electron chi connectivity index (χ4n) is 15.5. The molecule has 6 atom stereocenters. The van der Waals surface area contributed by atoms with E-state index in [1.54, 1.807) is 42.5 Å². The molecule has 10 nitrogen and oxygen atoms in total. The summed E-state index contributed by atoms with van der Waals surface area (Å²) in [6.07, 6.45) is 43.2. The van der Waals surface area contributed by atoms with Gasteiger partial charge in [0.15, 0.2) is 0 Å². The molecule has 0 spiro atoms. The fraction of sp³-hybridized carbons (Fsp3) is 0.571. The van der Waals surface area contributed by atoms with E-state index in [2.05, 4.69) is 45.9 Å². The summed E-state index contributed by atoms with van der Waals surface area (Å²) in [4.78, 5) is 0. The molecule has 0 saturated carbocycles. The number of fused-ring (bicyclic) bond motifs is 4. The van der Waals surface area contributed by atoms with Crippen LogP contribution in [0.2, 0.25) is 0 Å². The summed E-state index contributed by atoms with van der Waals surface area (Å²) >= 11 is 0. The van der Waals surface area contributed by atoms with Crippen LogP contribution >= 0.6 is 15.2 Å². The quantitative estimate of drug-likeness (QED) is 0.0215. The maximum absolute atomic E-state index is 16.3. The van der Waals surface area contributed by atoms with Crippen LogP contribution in [0.3, 0.4) is 0 Å². The molecule has 0 saturated heterocycles. The van der Waals surface area contributed by atoms with Gasteiger partial charge in [-0.1, -0.05) is 295 Å². The van der Waals surface area contributed by atoms with Crippen LogP contribution < -0.4 is 28.7 Å². The number of unbranched alkanes of at least 4 members (excludes halogenated alkanes) is 32. The molecule has 9 rings (SSSR count). The van der Waals surface area contributed by atoms with Crippen molar-refractivity contribution in [1.82, 2.24) is 0 Å². The van der Waals surface area contributed by atoms with E-state index in [4.69, 9.17) is 18.1 Å². The minimum Gasteiger partial charge on any atom is -0.508 e. The number of hydrogen-bond acceptors (Lipinski definition) is 10. The first-order valence-electron chi connectivity index (χ1n) is 38.5. The summed E-state index contributed by atoms with van der Waals surface area (Å²) in [5, 5.41) is 51.7. The first-order chi connectivity index (χ1) is 46.9. The van der Waals surface area contributed by atoms with Crippen molar-refractivity contribution in [2.45, 2.75) is 308 Å².